The van der Waals surface area contributed by atoms with E-state index < -0.39 is 12.0 Å². The summed E-state index contributed by atoms with van der Waals surface area (Å²) in [5.41, 5.74) is 0. The molecule has 0 saturated carbocycles. The molecule has 0 aromatic carbocycles. The maximum atomic E-state index is 12.1. The van der Waals surface area contributed by atoms with E-state index in [2.05, 4.69) is 7.05 Å². The summed E-state index contributed by atoms with van der Waals surface area (Å²) in [6.07, 6.45) is 4.09. The molecule has 3 aliphatic rings. The molecule has 4 atom stereocenters. The van der Waals surface area contributed by atoms with Gasteiger partial charge in [-0.15, -0.1) is 23.5 Å². The van der Waals surface area contributed by atoms with E-state index in [-0.39, 0.29) is 28.4 Å². The van der Waals surface area contributed by atoms with Crippen LogP contribution in [0, 0.1) is 5.92 Å². The Balaban J connectivity index is 1.51. The van der Waals surface area contributed by atoms with Gasteiger partial charge in [-0.2, -0.15) is 0 Å². The minimum atomic E-state index is -1.16. The summed E-state index contributed by atoms with van der Waals surface area (Å²) in [4.78, 5) is 25.1. The summed E-state index contributed by atoms with van der Waals surface area (Å²) in [6, 6.07) is -0.830. The summed E-state index contributed by atoms with van der Waals surface area (Å²) in [5.74, 6) is -0.623. The predicted octanol–water partition coefficient (Wildman–Crippen LogP) is -0.292. The Labute approximate surface area is 151 Å². The van der Waals surface area contributed by atoms with Gasteiger partial charge in [0.05, 0.1) is 54.6 Å². The summed E-state index contributed by atoms with van der Waals surface area (Å²) < 4.78 is 0.977. The number of carboxylic acids is 1. The maximum Gasteiger partial charge on any atom is 0.230 e. The summed E-state index contributed by atoms with van der Waals surface area (Å²) in [5, 5.41) is 20.5. The number of quaternary nitrogens is 1. The number of amides is 1. The number of carboxylic acid groups (broad SMARTS) is 1. The third kappa shape index (κ3) is 3.43. The number of aliphatic hydroxyl groups is 1. The van der Waals surface area contributed by atoms with Crippen LogP contribution in [-0.4, -0.2) is 81.4 Å². The number of hydrogen-bond acceptors (Lipinski definition) is 6. The Hall–Kier alpha value is -0.440. The van der Waals surface area contributed by atoms with Crippen molar-refractivity contribution in [1.82, 2.24) is 4.90 Å². The van der Waals surface area contributed by atoms with Crippen molar-refractivity contribution in [3.05, 3.63) is 0 Å². The molecular formula is C16H26N2O4S2. The lowest BCUT2D eigenvalue weighted by Crippen LogP contribution is -2.63. The van der Waals surface area contributed by atoms with E-state index in [0.29, 0.717) is 6.42 Å². The van der Waals surface area contributed by atoms with E-state index in [1.165, 1.54) is 30.8 Å². The zero-order valence-corrected chi connectivity index (χ0v) is 15.7. The Morgan fingerprint density at radius 3 is 2.79 bits per heavy atom. The number of nitrogens with zero attached hydrogens (tertiary/aromatic N) is 2. The van der Waals surface area contributed by atoms with Gasteiger partial charge in [0.1, 0.15) is 0 Å². The number of fused-ring (bicyclic) bond motifs is 1. The molecule has 3 rings (SSSR count). The fraction of sp³-hybridized carbons (Fsp3) is 0.875. The van der Waals surface area contributed by atoms with Crippen molar-refractivity contribution in [2.24, 2.45) is 5.92 Å². The van der Waals surface area contributed by atoms with Gasteiger partial charge in [-0.25, -0.2) is 0 Å². The van der Waals surface area contributed by atoms with Gasteiger partial charge in [0.25, 0.3) is 0 Å². The zero-order chi connectivity index (χ0) is 17.3. The molecule has 1 N–H and O–H groups in total. The molecule has 0 aliphatic carbocycles. The van der Waals surface area contributed by atoms with E-state index in [1.54, 1.807) is 23.5 Å². The normalized spacial score (nSPS) is 34.2. The lowest BCUT2D eigenvalue weighted by molar-refractivity contribution is -0.897. The molecule has 3 unspecified atom stereocenters. The molecule has 1 amide bonds. The number of carbonyl (C=O) groups excluding carboxylic acids is 2. The molecule has 3 heterocycles. The third-order valence-corrected chi connectivity index (χ3v) is 8.69. The highest BCUT2D eigenvalue weighted by atomic mass is 32.2. The minimum Gasteiger partial charge on any atom is -0.548 e. The largest absolute Gasteiger partial charge is 0.548 e. The van der Waals surface area contributed by atoms with Crippen LogP contribution in [0.4, 0.5) is 0 Å². The van der Waals surface area contributed by atoms with E-state index in [1.807, 2.05) is 0 Å². The van der Waals surface area contributed by atoms with Crippen LogP contribution in [0.5, 0.6) is 0 Å². The monoisotopic (exact) mass is 374 g/mol. The fourth-order valence-corrected chi connectivity index (χ4v) is 7.45. The predicted molar refractivity (Wildman–Crippen MR) is 93.1 cm³/mol. The molecule has 0 bridgehead atoms. The summed E-state index contributed by atoms with van der Waals surface area (Å²) in [7, 11) is 2.30. The molecule has 0 aromatic rings. The molecule has 3 saturated heterocycles. The number of thioether (sulfide) groups is 2. The molecule has 3 aliphatic heterocycles. The first-order valence-corrected chi connectivity index (χ1v) is 10.7. The third-order valence-electron chi connectivity index (χ3n) is 5.47. The van der Waals surface area contributed by atoms with Gasteiger partial charge in [-0.3, -0.25) is 4.79 Å². The highest BCUT2D eigenvalue weighted by Crippen LogP contribution is 2.51. The SMILES string of the molecule is C[N+]1(CCCSC2S[C@H]3C(CCO)C(=O)N3C2C(=O)[O-])CCCC1. The van der Waals surface area contributed by atoms with E-state index >= 15 is 0 Å². The highest BCUT2D eigenvalue weighted by Gasteiger charge is 2.58. The van der Waals surface area contributed by atoms with Crippen LogP contribution in [0.25, 0.3) is 0 Å². The number of likely N-dealkylation sites (tertiary alicyclic amines) is 1. The average Bonchev–Trinajstić information content (AvgIpc) is 3.12. The second-order valence-corrected chi connectivity index (χ2v) is 10.1. The summed E-state index contributed by atoms with van der Waals surface area (Å²) in [6.45, 7) is 3.60. The number of aliphatic carboxylic acids is 1. The average molecular weight is 375 g/mol. The minimum absolute atomic E-state index is 0.0361. The van der Waals surface area contributed by atoms with Crippen molar-refractivity contribution in [3.63, 3.8) is 0 Å². The van der Waals surface area contributed by atoms with Crippen LogP contribution < -0.4 is 5.11 Å². The fourth-order valence-electron chi connectivity index (χ4n) is 4.08. The molecule has 0 aromatic heterocycles. The first-order chi connectivity index (χ1) is 11.5. The first kappa shape index (κ1) is 18.4. The Morgan fingerprint density at radius 2 is 2.17 bits per heavy atom. The number of hydrogen-bond donors (Lipinski definition) is 1. The quantitative estimate of drug-likeness (QED) is 0.357. The van der Waals surface area contributed by atoms with Crippen LogP contribution in [0.2, 0.25) is 0 Å². The van der Waals surface area contributed by atoms with Crippen molar-refractivity contribution in [2.75, 3.05) is 39.0 Å². The lowest BCUT2D eigenvalue weighted by Gasteiger charge is -2.44. The number of rotatable bonds is 8. The Morgan fingerprint density at radius 1 is 1.46 bits per heavy atom. The molecule has 0 spiro atoms. The van der Waals surface area contributed by atoms with E-state index in [9.17, 15) is 14.7 Å². The molecule has 6 nitrogen and oxygen atoms in total. The standard InChI is InChI=1S/C16H26N2O4S2/c1-18(6-2-3-7-18)8-4-10-23-16-12(15(21)22)17-13(20)11(5-9-19)14(17)24-16/h11-12,14,16,19H,2-10H2,1H3/t11?,12?,14-,16?/m0/s1. The van der Waals surface area contributed by atoms with Crippen molar-refractivity contribution in [1.29, 1.82) is 0 Å². The van der Waals surface area contributed by atoms with Crippen molar-refractivity contribution in [3.8, 4) is 0 Å². The summed E-state index contributed by atoms with van der Waals surface area (Å²) >= 11 is 3.21. The van der Waals surface area contributed by atoms with Gasteiger partial charge < -0.3 is 24.4 Å². The van der Waals surface area contributed by atoms with E-state index in [0.717, 1.165) is 23.2 Å². The molecule has 0 radical (unpaired) electrons. The molecule has 24 heavy (non-hydrogen) atoms. The van der Waals surface area contributed by atoms with Crippen LogP contribution in [0.3, 0.4) is 0 Å². The van der Waals surface area contributed by atoms with Gasteiger partial charge >= 0.3 is 0 Å². The maximum absolute atomic E-state index is 12.1. The second kappa shape index (κ2) is 7.43. The highest BCUT2D eigenvalue weighted by molar-refractivity contribution is 8.17. The van der Waals surface area contributed by atoms with Gasteiger partial charge in [0.2, 0.25) is 5.91 Å². The van der Waals surface area contributed by atoms with Crippen molar-refractivity contribution < 1.29 is 24.3 Å². The molecule has 8 heteroatoms. The number of aliphatic hydroxyl groups excluding tert-OH is 1. The smallest absolute Gasteiger partial charge is 0.230 e. The van der Waals surface area contributed by atoms with Crippen molar-refractivity contribution in [2.45, 2.75) is 41.7 Å². The Kier molecular flexibility index (Phi) is 5.68. The molecule has 3 fully saturated rings. The van der Waals surface area contributed by atoms with E-state index in [4.69, 9.17) is 5.11 Å². The van der Waals surface area contributed by atoms with Crippen molar-refractivity contribution >= 4 is 35.4 Å². The molecular weight excluding hydrogens is 348 g/mol. The number of carbonyl (C=O) groups is 2. The van der Waals surface area contributed by atoms with Crippen LogP contribution >= 0.6 is 23.5 Å². The van der Waals surface area contributed by atoms with Gasteiger partial charge in [0.15, 0.2) is 0 Å². The van der Waals surface area contributed by atoms with Crippen LogP contribution in [0.1, 0.15) is 25.7 Å². The van der Waals surface area contributed by atoms with Crippen LogP contribution in [-0.2, 0) is 9.59 Å². The zero-order valence-electron chi connectivity index (χ0n) is 14.1. The number of β-lactam (4-membered cyclic amide) rings is 1. The van der Waals surface area contributed by atoms with Gasteiger partial charge in [-0.1, -0.05) is 0 Å². The topological polar surface area (TPSA) is 80.7 Å². The van der Waals surface area contributed by atoms with Gasteiger partial charge in [-0.05, 0) is 12.2 Å². The molecule has 136 valence electrons. The Bertz CT molecular complexity index is 498. The lowest BCUT2D eigenvalue weighted by atomic mass is 9.93. The first-order valence-electron chi connectivity index (χ1n) is 8.71. The van der Waals surface area contributed by atoms with Gasteiger partial charge in [0, 0.05) is 25.9 Å². The second-order valence-electron chi connectivity index (χ2n) is 7.24. The van der Waals surface area contributed by atoms with Crippen LogP contribution in [0.15, 0.2) is 0 Å².